The lowest BCUT2D eigenvalue weighted by Gasteiger charge is -2.43. The fraction of sp³-hybridized carbons (Fsp3) is 0.680. The Labute approximate surface area is 187 Å². The standard InChI is InChI=1S/C25H39N3O3/c1-6-20(7-2)17-26-14-12-25(13-15-26)23(29)27(24(30)28(25)16-19(3)4)18-21-8-10-22(31-5)11-9-21/h8-11,19-20H,6-7,12-18H2,1-5H3. The number of benzene rings is 1. The third-order valence-electron chi connectivity index (χ3n) is 7.02. The number of urea groups is 1. The highest BCUT2D eigenvalue weighted by Crippen LogP contribution is 2.39. The zero-order chi connectivity index (χ0) is 22.6. The van der Waals surface area contributed by atoms with E-state index in [0.717, 1.165) is 43.8 Å². The second-order valence-corrected chi connectivity index (χ2v) is 9.54. The minimum Gasteiger partial charge on any atom is -0.497 e. The Bertz CT molecular complexity index is 750. The van der Waals surface area contributed by atoms with Crippen LogP contribution in [-0.2, 0) is 11.3 Å². The smallest absolute Gasteiger partial charge is 0.327 e. The Morgan fingerprint density at radius 2 is 1.61 bits per heavy atom. The number of piperidine rings is 1. The Morgan fingerprint density at radius 3 is 2.13 bits per heavy atom. The summed E-state index contributed by atoms with van der Waals surface area (Å²) in [4.78, 5) is 32.9. The summed E-state index contributed by atoms with van der Waals surface area (Å²) >= 11 is 0. The molecule has 2 saturated heterocycles. The Hall–Kier alpha value is -2.08. The first-order chi connectivity index (χ1) is 14.8. The van der Waals surface area contributed by atoms with Gasteiger partial charge in [0.05, 0.1) is 13.7 Å². The Balaban J connectivity index is 1.78. The van der Waals surface area contributed by atoms with Crippen LogP contribution in [0.3, 0.4) is 0 Å². The lowest BCUT2D eigenvalue weighted by Crippen LogP contribution is -2.57. The summed E-state index contributed by atoms with van der Waals surface area (Å²) in [6.45, 7) is 12.5. The molecule has 0 bridgehead atoms. The van der Waals surface area contributed by atoms with Crippen molar-refractivity contribution in [2.45, 2.75) is 65.5 Å². The van der Waals surface area contributed by atoms with Gasteiger partial charge < -0.3 is 14.5 Å². The van der Waals surface area contributed by atoms with Gasteiger partial charge in [-0.25, -0.2) is 4.79 Å². The quantitative estimate of drug-likeness (QED) is 0.547. The molecule has 31 heavy (non-hydrogen) atoms. The van der Waals surface area contributed by atoms with Crippen molar-refractivity contribution in [3.8, 4) is 5.75 Å². The summed E-state index contributed by atoms with van der Waals surface area (Å²) in [6, 6.07) is 7.46. The number of hydrogen-bond donors (Lipinski definition) is 0. The maximum Gasteiger partial charge on any atom is 0.327 e. The van der Waals surface area contributed by atoms with Crippen LogP contribution in [0.25, 0.3) is 0 Å². The van der Waals surface area contributed by atoms with Crippen molar-refractivity contribution in [1.82, 2.24) is 14.7 Å². The van der Waals surface area contributed by atoms with E-state index >= 15 is 0 Å². The molecular formula is C25H39N3O3. The van der Waals surface area contributed by atoms with Gasteiger partial charge in [-0.2, -0.15) is 0 Å². The zero-order valence-corrected chi connectivity index (χ0v) is 19.9. The molecule has 3 rings (SSSR count). The van der Waals surface area contributed by atoms with Crippen LogP contribution in [-0.4, -0.2) is 65.5 Å². The molecule has 2 heterocycles. The van der Waals surface area contributed by atoms with Gasteiger partial charge >= 0.3 is 6.03 Å². The van der Waals surface area contributed by atoms with Crippen molar-refractivity contribution in [2.75, 3.05) is 33.3 Å². The van der Waals surface area contributed by atoms with E-state index in [0.29, 0.717) is 24.9 Å². The molecular weight excluding hydrogens is 390 g/mol. The molecule has 2 fully saturated rings. The molecule has 0 aromatic heterocycles. The van der Waals surface area contributed by atoms with Crippen LogP contribution in [0.4, 0.5) is 4.79 Å². The minimum atomic E-state index is -0.682. The van der Waals surface area contributed by atoms with Crippen LogP contribution >= 0.6 is 0 Å². The monoisotopic (exact) mass is 429 g/mol. The van der Waals surface area contributed by atoms with Crippen molar-refractivity contribution < 1.29 is 14.3 Å². The molecule has 1 spiro atoms. The third kappa shape index (κ3) is 4.89. The van der Waals surface area contributed by atoms with Gasteiger partial charge in [-0.1, -0.05) is 52.7 Å². The number of carbonyl (C=O) groups excluding carboxylic acids is 2. The molecule has 0 saturated carbocycles. The Morgan fingerprint density at radius 1 is 1.00 bits per heavy atom. The number of nitrogens with zero attached hydrogens (tertiary/aromatic N) is 3. The third-order valence-corrected chi connectivity index (χ3v) is 7.02. The molecule has 0 radical (unpaired) electrons. The SMILES string of the molecule is CCC(CC)CN1CCC2(CC1)C(=O)N(Cc1ccc(OC)cc1)C(=O)N2CC(C)C. The molecule has 1 aromatic carbocycles. The van der Waals surface area contributed by atoms with Gasteiger partial charge in [-0.3, -0.25) is 9.69 Å². The molecule has 3 amide bonds. The average Bonchev–Trinajstić information content (AvgIpc) is 2.95. The Kier molecular flexibility index (Phi) is 7.63. The van der Waals surface area contributed by atoms with E-state index in [1.54, 1.807) is 7.11 Å². The van der Waals surface area contributed by atoms with Gasteiger partial charge in [0.15, 0.2) is 0 Å². The molecule has 2 aliphatic heterocycles. The van der Waals surface area contributed by atoms with E-state index in [1.165, 1.54) is 17.7 Å². The summed E-state index contributed by atoms with van der Waals surface area (Å²) < 4.78 is 5.23. The van der Waals surface area contributed by atoms with Crippen molar-refractivity contribution in [2.24, 2.45) is 11.8 Å². The number of methoxy groups -OCH3 is 1. The first-order valence-corrected chi connectivity index (χ1v) is 11.8. The summed E-state index contributed by atoms with van der Waals surface area (Å²) in [5.74, 6) is 1.77. The van der Waals surface area contributed by atoms with Crippen LogP contribution in [0.5, 0.6) is 5.75 Å². The molecule has 6 heteroatoms. The highest BCUT2D eigenvalue weighted by Gasteiger charge is 2.57. The normalized spacial score (nSPS) is 19.3. The largest absolute Gasteiger partial charge is 0.497 e. The van der Waals surface area contributed by atoms with Crippen LogP contribution in [0.1, 0.15) is 58.9 Å². The van der Waals surface area contributed by atoms with Gasteiger partial charge in [0, 0.05) is 26.2 Å². The molecule has 0 N–H and O–H groups in total. The van der Waals surface area contributed by atoms with Gasteiger partial charge in [0.2, 0.25) is 0 Å². The number of rotatable bonds is 9. The fourth-order valence-corrected chi connectivity index (χ4v) is 4.95. The minimum absolute atomic E-state index is 0.0175. The van der Waals surface area contributed by atoms with E-state index in [1.807, 2.05) is 29.2 Å². The van der Waals surface area contributed by atoms with Gasteiger partial charge in [0.25, 0.3) is 5.91 Å². The van der Waals surface area contributed by atoms with E-state index in [4.69, 9.17) is 4.74 Å². The molecule has 172 valence electrons. The molecule has 2 aliphatic rings. The second kappa shape index (κ2) is 10.0. The van der Waals surface area contributed by atoms with Gasteiger partial charge in [0.1, 0.15) is 11.3 Å². The van der Waals surface area contributed by atoms with E-state index < -0.39 is 5.54 Å². The van der Waals surface area contributed by atoms with Gasteiger partial charge in [-0.15, -0.1) is 0 Å². The number of ether oxygens (including phenoxy) is 1. The van der Waals surface area contributed by atoms with E-state index in [2.05, 4.69) is 32.6 Å². The van der Waals surface area contributed by atoms with Crippen LogP contribution < -0.4 is 4.74 Å². The highest BCUT2D eigenvalue weighted by molar-refractivity contribution is 6.07. The van der Waals surface area contributed by atoms with Gasteiger partial charge in [-0.05, 0) is 42.4 Å². The summed E-state index contributed by atoms with van der Waals surface area (Å²) in [7, 11) is 1.63. The summed E-state index contributed by atoms with van der Waals surface area (Å²) in [6.07, 6.45) is 3.82. The first-order valence-electron chi connectivity index (χ1n) is 11.8. The summed E-state index contributed by atoms with van der Waals surface area (Å²) in [5.41, 5.74) is 0.258. The maximum atomic E-state index is 13.7. The van der Waals surface area contributed by atoms with Crippen LogP contribution in [0.2, 0.25) is 0 Å². The van der Waals surface area contributed by atoms with Crippen molar-refractivity contribution >= 4 is 11.9 Å². The summed E-state index contributed by atoms with van der Waals surface area (Å²) in [5, 5.41) is 0. The maximum absolute atomic E-state index is 13.7. The van der Waals surface area contributed by atoms with Crippen molar-refractivity contribution in [3.63, 3.8) is 0 Å². The predicted octanol–water partition coefficient (Wildman–Crippen LogP) is 4.39. The zero-order valence-electron chi connectivity index (χ0n) is 19.9. The van der Waals surface area contributed by atoms with E-state index in [9.17, 15) is 9.59 Å². The number of carbonyl (C=O) groups is 2. The predicted molar refractivity (Wildman–Crippen MR) is 123 cm³/mol. The number of hydrogen-bond acceptors (Lipinski definition) is 4. The first kappa shape index (κ1) is 23.6. The fourth-order valence-electron chi connectivity index (χ4n) is 4.95. The molecule has 6 nitrogen and oxygen atoms in total. The molecule has 0 unspecified atom stereocenters. The lowest BCUT2D eigenvalue weighted by molar-refractivity contribution is -0.136. The van der Waals surface area contributed by atoms with Crippen molar-refractivity contribution in [1.29, 1.82) is 0 Å². The molecule has 1 aromatic rings. The lowest BCUT2D eigenvalue weighted by atomic mass is 9.84. The molecule has 0 aliphatic carbocycles. The van der Waals surface area contributed by atoms with E-state index in [-0.39, 0.29) is 11.9 Å². The number of imide groups is 1. The average molecular weight is 430 g/mol. The topological polar surface area (TPSA) is 53.1 Å². The second-order valence-electron chi connectivity index (χ2n) is 9.54. The highest BCUT2D eigenvalue weighted by atomic mass is 16.5. The number of likely N-dealkylation sites (tertiary alicyclic amines) is 1. The van der Waals surface area contributed by atoms with Crippen molar-refractivity contribution in [3.05, 3.63) is 29.8 Å². The molecule has 0 atom stereocenters. The van der Waals surface area contributed by atoms with Crippen LogP contribution in [0.15, 0.2) is 24.3 Å². The van der Waals surface area contributed by atoms with Crippen LogP contribution in [0, 0.1) is 11.8 Å². The number of amides is 3.